The minimum absolute atomic E-state index is 0.186. The van der Waals surface area contributed by atoms with Crippen LogP contribution in [-0.4, -0.2) is 30.9 Å². The molecule has 16 heavy (non-hydrogen) atoms. The third-order valence-electron chi connectivity index (χ3n) is 1.90. The lowest BCUT2D eigenvalue weighted by Crippen LogP contribution is -2.12. The number of carbonyl (C=O) groups is 1. The summed E-state index contributed by atoms with van der Waals surface area (Å²) in [4.78, 5) is 9.82. The Hall–Kier alpha value is -1.47. The van der Waals surface area contributed by atoms with Gasteiger partial charge in [0.1, 0.15) is 10.7 Å². The molecular weight excluding hydrogens is 239 g/mol. The van der Waals surface area contributed by atoms with Crippen molar-refractivity contribution in [3.05, 3.63) is 29.6 Å². The summed E-state index contributed by atoms with van der Waals surface area (Å²) >= 11 is 0. The van der Waals surface area contributed by atoms with E-state index in [0.29, 0.717) is 0 Å². The average molecular weight is 248 g/mol. The van der Waals surface area contributed by atoms with Gasteiger partial charge in [-0.05, 0) is 17.7 Å². The third-order valence-corrected chi connectivity index (χ3v) is 3.02. The molecule has 1 rings (SSSR count). The largest absolute Gasteiger partial charge is 0.479 e. The van der Waals surface area contributed by atoms with Gasteiger partial charge in [0.2, 0.25) is 0 Å². The van der Waals surface area contributed by atoms with Gasteiger partial charge in [-0.15, -0.1) is 0 Å². The van der Waals surface area contributed by atoms with Crippen LogP contribution in [0.15, 0.2) is 23.1 Å². The second-order valence-electron chi connectivity index (χ2n) is 3.20. The first-order chi connectivity index (χ1) is 7.23. The molecule has 0 fully saturated rings. The minimum atomic E-state index is -3.79. The van der Waals surface area contributed by atoms with E-state index in [1.165, 1.54) is 0 Å². The van der Waals surface area contributed by atoms with Crippen LogP contribution in [-0.2, 0) is 14.6 Å². The summed E-state index contributed by atoms with van der Waals surface area (Å²) < 4.78 is 35.4. The van der Waals surface area contributed by atoms with Crippen molar-refractivity contribution in [2.24, 2.45) is 0 Å². The van der Waals surface area contributed by atoms with E-state index in [1.807, 2.05) is 0 Å². The molecule has 0 radical (unpaired) electrons. The predicted molar refractivity (Wildman–Crippen MR) is 52.1 cm³/mol. The Balaban J connectivity index is 3.34. The molecule has 5 nitrogen and oxygen atoms in total. The molecule has 0 aliphatic rings. The lowest BCUT2D eigenvalue weighted by molar-refractivity contribution is -0.146. The Bertz CT molecular complexity index is 523. The first kappa shape index (κ1) is 12.6. The second-order valence-corrected chi connectivity index (χ2v) is 5.19. The molecule has 1 unspecified atom stereocenters. The van der Waals surface area contributed by atoms with Crippen molar-refractivity contribution in [3.63, 3.8) is 0 Å². The Labute approximate surface area is 91.1 Å². The lowest BCUT2D eigenvalue weighted by Gasteiger charge is -2.08. The zero-order valence-corrected chi connectivity index (χ0v) is 9.03. The number of aliphatic hydroxyl groups is 1. The normalized spacial score (nSPS) is 13.4. The standard InChI is InChI=1S/C9H9FO5S/c1-16(14,15)7-4-5(2-3-6(7)10)8(11)9(12)13/h2-4,8,11H,1H3,(H,12,13). The maximum atomic E-state index is 13.1. The number of rotatable bonds is 3. The molecule has 1 atom stereocenters. The SMILES string of the molecule is CS(=O)(=O)c1cc(C(O)C(=O)O)ccc1F. The number of aliphatic carboxylic acids is 1. The fourth-order valence-corrected chi connectivity index (χ4v) is 1.89. The highest BCUT2D eigenvalue weighted by molar-refractivity contribution is 7.90. The molecule has 1 aromatic rings. The van der Waals surface area contributed by atoms with Crippen LogP contribution in [0.4, 0.5) is 4.39 Å². The van der Waals surface area contributed by atoms with E-state index in [2.05, 4.69) is 0 Å². The van der Waals surface area contributed by atoms with Gasteiger partial charge in [0.05, 0.1) is 0 Å². The highest BCUT2D eigenvalue weighted by atomic mass is 32.2. The first-order valence-electron chi connectivity index (χ1n) is 4.14. The zero-order valence-electron chi connectivity index (χ0n) is 8.21. The molecule has 0 saturated carbocycles. The van der Waals surface area contributed by atoms with Crippen LogP contribution in [0.3, 0.4) is 0 Å². The van der Waals surface area contributed by atoms with E-state index < -0.39 is 32.6 Å². The summed E-state index contributed by atoms with van der Waals surface area (Å²) in [5.74, 6) is -2.52. The van der Waals surface area contributed by atoms with Crippen LogP contribution in [0.1, 0.15) is 11.7 Å². The molecule has 0 bridgehead atoms. The lowest BCUT2D eigenvalue weighted by atomic mass is 10.1. The minimum Gasteiger partial charge on any atom is -0.479 e. The molecule has 0 saturated heterocycles. The number of sulfone groups is 1. The van der Waals surface area contributed by atoms with Crippen LogP contribution < -0.4 is 0 Å². The van der Waals surface area contributed by atoms with Crippen molar-refractivity contribution >= 4 is 15.8 Å². The Kier molecular flexibility index (Phi) is 3.30. The van der Waals surface area contributed by atoms with Crippen LogP contribution in [0, 0.1) is 5.82 Å². The van der Waals surface area contributed by atoms with Gasteiger partial charge < -0.3 is 10.2 Å². The van der Waals surface area contributed by atoms with Crippen molar-refractivity contribution in [2.75, 3.05) is 6.26 Å². The summed E-state index contributed by atoms with van der Waals surface area (Å²) in [6.07, 6.45) is -1.08. The van der Waals surface area contributed by atoms with Gasteiger partial charge in [0, 0.05) is 6.26 Å². The van der Waals surface area contributed by atoms with Gasteiger partial charge in [0.25, 0.3) is 0 Å². The smallest absolute Gasteiger partial charge is 0.337 e. The van der Waals surface area contributed by atoms with Gasteiger partial charge in [-0.3, -0.25) is 0 Å². The molecule has 0 heterocycles. The van der Waals surface area contributed by atoms with E-state index in [1.54, 1.807) is 0 Å². The number of carboxylic acids is 1. The first-order valence-corrected chi connectivity index (χ1v) is 6.03. The molecule has 7 heteroatoms. The van der Waals surface area contributed by atoms with Crippen LogP contribution in [0.2, 0.25) is 0 Å². The molecule has 0 aliphatic carbocycles. The second kappa shape index (κ2) is 4.18. The zero-order chi connectivity index (χ0) is 12.5. The van der Waals surface area contributed by atoms with Crippen molar-refractivity contribution in [1.29, 1.82) is 0 Å². The Morgan fingerprint density at radius 1 is 1.44 bits per heavy atom. The summed E-state index contributed by atoms with van der Waals surface area (Å²) in [6.45, 7) is 0. The molecule has 0 aliphatic heterocycles. The van der Waals surface area contributed by atoms with E-state index >= 15 is 0 Å². The maximum Gasteiger partial charge on any atom is 0.337 e. The van der Waals surface area contributed by atoms with Gasteiger partial charge >= 0.3 is 5.97 Å². The third kappa shape index (κ3) is 2.56. The highest BCUT2D eigenvalue weighted by Crippen LogP contribution is 2.20. The Morgan fingerprint density at radius 3 is 2.44 bits per heavy atom. The number of halogens is 1. The van der Waals surface area contributed by atoms with Crippen molar-refractivity contribution < 1.29 is 27.8 Å². The maximum absolute atomic E-state index is 13.1. The van der Waals surface area contributed by atoms with Crippen molar-refractivity contribution in [3.8, 4) is 0 Å². The fraction of sp³-hybridized carbons (Fsp3) is 0.222. The quantitative estimate of drug-likeness (QED) is 0.805. The molecule has 0 aromatic heterocycles. The number of hydrogen-bond acceptors (Lipinski definition) is 4. The molecule has 1 aromatic carbocycles. The summed E-state index contributed by atoms with van der Waals surface area (Å²) in [5.41, 5.74) is -0.186. The van der Waals surface area contributed by atoms with Gasteiger partial charge in [-0.25, -0.2) is 17.6 Å². The highest BCUT2D eigenvalue weighted by Gasteiger charge is 2.20. The van der Waals surface area contributed by atoms with Gasteiger partial charge in [0.15, 0.2) is 15.9 Å². The topological polar surface area (TPSA) is 91.7 Å². The van der Waals surface area contributed by atoms with Crippen molar-refractivity contribution in [2.45, 2.75) is 11.0 Å². The van der Waals surface area contributed by atoms with Crippen molar-refractivity contribution in [1.82, 2.24) is 0 Å². The summed E-state index contributed by atoms with van der Waals surface area (Å²) in [5, 5.41) is 17.7. The number of aliphatic hydroxyl groups excluding tert-OH is 1. The summed E-state index contributed by atoms with van der Waals surface area (Å²) in [6, 6.07) is 2.63. The van der Waals surface area contributed by atoms with Gasteiger partial charge in [-0.1, -0.05) is 6.07 Å². The number of benzene rings is 1. The van der Waals surface area contributed by atoms with E-state index in [4.69, 9.17) is 10.2 Å². The summed E-state index contributed by atoms with van der Waals surface area (Å²) in [7, 11) is -3.79. The van der Waals surface area contributed by atoms with E-state index in [0.717, 1.165) is 24.5 Å². The molecule has 0 amide bonds. The van der Waals surface area contributed by atoms with Crippen LogP contribution >= 0.6 is 0 Å². The fourth-order valence-electron chi connectivity index (χ4n) is 1.12. The van der Waals surface area contributed by atoms with Crippen LogP contribution in [0.5, 0.6) is 0 Å². The molecule has 2 N–H and O–H groups in total. The number of hydrogen-bond donors (Lipinski definition) is 2. The predicted octanol–water partition coefficient (Wildman–Crippen LogP) is 0.347. The molecule has 88 valence electrons. The Morgan fingerprint density at radius 2 is 2.00 bits per heavy atom. The van der Waals surface area contributed by atoms with E-state index in [-0.39, 0.29) is 5.56 Å². The number of carboxylic acid groups (broad SMARTS) is 1. The van der Waals surface area contributed by atoms with Gasteiger partial charge in [-0.2, -0.15) is 0 Å². The van der Waals surface area contributed by atoms with E-state index in [9.17, 15) is 17.6 Å². The van der Waals surface area contributed by atoms with Crippen LogP contribution in [0.25, 0.3) is 0 Å². The molecule has 0 spiro atoms. The average Bonchev–Trinajstić information content (AvgIpc) is 2.15. The molecular formula is C9H9FO5S. The monoisotopic (exact) mass is 248 g/mol.